The van der Waals surface area contributed by atoms with Crippen LogP contribution in [0.1, 0.15) is 81.1 Å². The van der Waals surface area contributed by atoms with Crippen LogP contribution in [-0.2, 0) is 28.0 Å². The minimum Gasteiger partial charge on any atom is -0.467 e. The number of ketones is 1. The lowest BCUT2D eigenvalue weighted by molar-refractivity contribution is -0.165. The molecule has 0 unspecified atom stereocenters. The van der Waals surface area contributed by atoms with Crippen LogP contribution in [-0.4, -0.2) is 59.4 Å². The molecule has 0 saturated heterocycles. The number of esters is 1. The second-order valence-electron chi connectivity index (χ2n) is 16.1. The number of carbonyl (C=O) groups is 3. The summed E-state index contributed by atoms with van der Waals surface area (Å²) < 4.78 is 17.4. The minimum atomic E-state index is -2.18. The Labute approximate surface area is 287 Å². The molecule has 2 aliphatic carbocycles. The van der Waals surface area contributed by atoms with E-state index in [2.05, 4.69) is 66.9 Å². The smallest absolute Gasteiger partial charge is 0.344 e. The van der Waals surface area contributed by atoms with Gasteiger partial charge in [0.2, 0.25) is 5.60 Å². The van der Waals surface area contributed by atoms with Gasteiger partial charge in [0, 0.05) is 17.7 Å². The Bertz CT molecular complexity index is 1210. The van der Waals surface area contributed by atoms with Gasteiger partial charge >= 0.3 is 5.97 Å². The normalized spacial score (nSPS) is 24.2. The van der Waals surface area contributed by atoms with E-state index >= 15 is 0 Å². The molecule has 0 spiro atoms. The van der Waals surface area contributed by atoms with E-state index in [0.29, 0.717) is 24.1 Å². The van der Waals surface area contributed by atoms with Crippen LogP contribution in [0.5, 0.6) is 0 Å². The van der Waals surface area contributed by atoms with Gasteiger partial charge in [-0.15, -0.1) is 11.6 Å². The fraction of sp³-hybridized carbons (Fsp3) is 0.703. The van der Waals surface area contributed by atoms with Gasteiger partial charge in [0.15, 0.2) is 22.4 Å². The van der Waals surface area contributed by atoms with Gasteiger partial charge in [0.05, 0.1) is 13.2 Å². The maximum atomic E-state index is 13.1. The molecule has 2 rings (SSSR count). The van der Waals surface area contributed by atoms with Crippen molar-refractivity contribution in [2.45, 2.75) is 131 Å². The van der Waals surface area contributed by atoms with Gasteiger partial charge in [-0.1, -0.05) is 70.6 Å². The molecule has 0 amide bonds. The van der Waals surface area contributed by atoms with Crippen LogP contribution >= 0.6 is 11.6 Å². The zero-order valence-corrected chi connectivity index (χ0v) is 34.1. The summed E-state index contributed by atoms with van der Waals surface area (Å²) >= 11 is 5.92. The van der Waals surface area contributed by atoms with Gasteiger partial charge in [-0.05, 0) is 107 Å². The maximum absolute atomic E-state index is 13.1. The molecule has 0 aliphatic heterocycles. The largest absolute Gasteiger partial charge is 0.467 e. The summed E-state index contributed by atoms with van der Waals surface area (Å²) in [5.41, 5.74) is 3.62. The summed E-state index contributed by atoms with van der Waals surface area (Å²) in [6.07, 6.45) is 6.81. The summed E-state index contributed by atoms with van der Waals surface area (Å²) in [5.74, 6) is -0.116. The van der Waals surface area contributed by atoms with Crippen LogP contribution in [0.3, 0.4) is 0 Å². The Kier molecular flexibility index (Phi) is 15.4. The number of hydrogen-bond donors (Lipinski definition) is 0. The molecule has 6 atom stereocenters. The summed E-state index contributed by atoms with van der Waals surface area (Å²) in [7, 11) is -2.63. The number of halogens is 1. The molecule has 0 aromatic carbocycles. The molecular weight excluding hydrogens is 632 g/mol. The van der Waals surface area contributed by atoms with Gasteiger partial charge < -0.3 is 13.6 Å². The Morgan fingerprint density at radius 2 is 1.63 bits per heavy atom. The number of methoxy groups -OCH3 is 1. The van der Waals surface area contributed by atoms with E-state index in [1.165, 1.54) is 19.6 Å². The van der Waals surface area contributed by atoms with Gasteiger partial charge in [-0.2, -0.15) is 0 Å². The van der Waals surface area contributed by atoms with Crippen molar-refractivity contribution in [2.75, 3.05) is 13.0 Å². The SMILES string of the molecule is C=C(CCl)[C@@H]1CC=C(C)[C@H](O[Si](C)(C)C(C)(C)C)C1.C=C(C[C@H](C)C(=O)[C@](C)(O[Si](C)(C)C)C(=O)OC)[C@H]1C[C@@H](C)C(C)=C1C=O. The Morgan fingerprint density at radius 1 is 1.07 bits per heavy atom. The standard InChI is InChI=1S/C21H34O5Si.C16H29ClOSi/c1-13-11-17(18(12-22)16(13)4)14(2)10-15(3)19(23)21(5,20(24)25-6)26-27(7,8)9;1-12-8-9-14(13(2)11-17)10-15(12)18-19(6,7)16(3,4)5/h12-13,15,17H,2,10-11H2,1,3-9H3;8,14-15H,2,9-11H2,1,3-7H3/t13-,15+,17-,21+;14-,15-/m11/s1. The highest BCUT2D eigenvalue weighted by molar-refractivity contribution is 6.74. The van der Waals surface area contributed by atoms with E-state index in [9.17, 15) is 14.4 Å². The third-order valence-electron chi connectivity index (χ3n) is 10.1. The van der Waals surface area contributed by atoms with Crippen LogP contribution in [0.2, 0.25) is 37.8 Å². The molecule has 2 aliphatic rings. The molecule has 0 saturated carbocycles. The molecule has 46 heavy (non-hydrogen) atoms. The van der Waals surface area contributed by atoms with Crippen molar-refractivity contribution >= 4 is 46.3 Å². The minimum absolute atomic E-state index is 0.0324. The van der Waals surface area contributed by atoms with Crippen molar-refractivity contribution in [3.63, 3.8) is 0 Å². The third-order valence-corrected chi connectivity index (χ3v) is 15.9. The van der Waals surface area contributed by atoms with E-state index in [-0.39, 0.29) is 22.8 Å². The van der Waals surface area contributed by atoms with E-state index in [4.69, 9.17) is 25.2 Å². The Balaban J connectivity index is 0.000000489. The first-order chi connectivity index (χ1) is 20.9. The number of allylic oxidation sites excluding steroid dienone is 5. The second-order valence-corrected chi connectivity index (χ2v) is 25.5. The Morgan fingerprint density at radius 3 is 2.09 bits per heavy atom. The quantitative estimate of drug-likeness (QED) is 0.0477. The molecule has 262 valence electrons. The Hall–Kier alpha value is -1.59. The van der Waals surface area contributed by atoms with Crippen molar-refractivity contribution in [2.24, 2.45) is 23.7 Å². The summed E-state index contributed by atoms with van der Waals surface area (Å²) in [5, 5.41) is 0.254. The topological polar surface area (TPSA) is 78.9 Å². The molecule has 0 bridgehead atoms. The predicted molar refractivity (Wildman–Crippen MR) is 197 cm³/mol. The number of hydrogen-bond acceptors (Lipinski definition) is 6. The van der Waals surface area contributed by atoms with Crippen LogP contribution in [0.15, 0.2) is 47.1 Å². The summed E-state index contributed by atoms with van der Waals surface area (Å²) in [4.78, 5) is 37.0. The lowest BCUT2D eigenvalue weighted by Crippen LogP contribution is -2.54. The van der Waals surface area contributed by atoms with Gasteiger partial charge in [-0.25, -0.2) is 4.79 Å². The number of aldehydes is 1. The fourth-order valence-electron chi connectivity index (χ4n) is 5.99. The molecule has 0 N–H and O–H groups in total. The van der Waals surface area contributed by atoms with Crippen LogP contribution in [0, 0.1) is 23.7 Å². The van der Waals surface area contributed by atoms with Crippen molar-refractivity contribution in [3.05, 3.63) is 47.1 Å². The first kappa shape index (κ1) is 42.4. The van der Waals surface area contributed by atoms with E-state index < -0.39 is 34.1 Å². The van der Waals surface area contributed by atoms with Crippen molar-refractivity contribution in [1.29, 1.82) is 0 Å². The van der Waals surface area contributed by atoms with Gasteiger partial charge in [0.1, 0.15) is 6.29 Å². The monoisotopic (exact) mass is 694 g/mol. The number of alkyl halides is 1. The van der Waals surface area contributed by atoms with Gasteiger partial charge in [-0.3, -0.25) is 9.59 Å². The van der Waals surface area contributed by atoms with Crippen LogP contribution < -0.4 is 0 Å². The molecule has 0 radical (unpaired) electrons. The van der Waals surface area contributed by atoms with Crippen LogP contribution in [0.4, 0.5) is 0 Å². The van der Waals surface area contributed by atoms with E-state index in [1.54, 1.807) is 6.92 Å². The molecule has 0 fully saturated rings. The molecule has 0 heterocycles. The average molecular weight is 696 g/mol. The second kappa shape index (κ2) is 16.7. The lowest BCUT2D eigenvalue weighted by atomic mass is 9.82. The number of ether oxygens (including phenoxy) is 1. The number of Topliss-reactive ketones (excluding diaryl/α,β-unsaturated/α-hetero) is 1. The van der Waals surface area contributed by atoms with Crippen molar-refractivity contribution in [1.82, 2.24) is 0 Å². The predicted octanol–water partition coefficient (Wildman–Crippen LogP) is 9.62. The zero-order chi connectivity index (χ0) is 36.0. The highest BCUT2D eigenvalue weighted by atomic mass is 35.5. The molecule has 6 nitrogen and oxygen atoms in total. The summed E-state index contributed by atoms with van der Waals surface area (Å²) in [6.45, 7) is 35.1. The van der Waals surface area contributed by atoms with Gasteiger partial charge in [0.25, 0.3) is 0 Å². The van der Waals surface area contributed by atoms with Crippen molar-refractivity contribution in [3.8, 4) is 0 Å². The molecule has 0 aromatic rings. The van der Waals surface area contributed by atoms with Crippen molar-refractivity contribution < 1.29 is 28.0 Å². The first-order valence-electron chi connectivity index (χ1n) is 16.6. The molecule has 0 aromatic heterocycles. The average Bonchev–Trinajstić information content (AvgIpc) is 3.24. The third kappa shape index (κ3) is 11.0. The summed E-state index contributed by atoms with van der Waals surface area (Å²) in [6, 6.07) is 0. The zero-order valence-electron chi connectivity index (χ0n) is 31.3. The lowest BCUT2D eigenvalue weighted by Gasteiger charge is -2.41. The number of rotatable bonds is 13. The highest BCUT2D eigenvalue weighted by Crippen LogP contribution is 2.42. The van der Waals surface area contributed by atoms with E-state index in [0.717, 1.165) is 47.8 Å². The number of carbonyl (C=O) groups excluding carboxylic acids is 3. The molecular formula is C37H63ClO6Si2. The molecule has 9 heteroatoms. The highest BCUT2D eigenvalue weighted by Gasteiger charge is 2.48. The fourth-order valence-corrected chi connectivity index (χ4v) is 8.97. The first-order valence-corrected chi connectivity index (χ1v) is 23.5. The van der Waals surface area contributed by atoms with Crippen LogP contribution in [0.25, 0.3) is 0 Å². The van der Waals surface area contributed by atoms with E-state index in [1.807, 2.05) is 26.6 Å². The maximum Gasteiger partial charge on any atom is 0.344 e.